The van der Waals surface area contributed by atoms with E-state index >= 15 is 0 Å². The molecular formula is C20H33N3O3S. The lowest BCUT2D eigenvalue weighted by molar-refractivity contribution is -0.120. The van der Waals surface area contributed by atoms with Crippen molar-refractivity contribution in [2.75, 3.05) is 31.5 Å². The van der Waals surface area contributed by atoms with Gasteiger partial charge in [0.15, 0.2) is 0 Å². The number of carbonyl (C=O) groups is 1. The van der Waals surface area contributed by atoms with Crippen molar-refractivity contribution < 1.29 is 13.2 Å². The van der Waals surface area contributed by atoms with Gasteiger partial charge in [-0.2, -0.15) is 4.31 Å². The van der Waals surface area contributed by atoms with Gasteiger partial charge < -0.3 is 5.32 Å². The molecule has 2 rings (SSSR count). The molecule has 0 aliphatic carbocycles. The molecule has 1 N–H and O–H groups in total. The lowest BCUT2D eigenvalue weighted by Crippen LogP contribution is -2.42. The second-order valence-electron chi connectivity index (χ2n) is 7.19. The second-order valence-corrected chi connectivity index (χ2v) is 9.09. The van der Waals surface area contributed by atoms with Crippen LogP contribution in [0.5, 0.6) is 0 Å². The normalized spacial score (nSPS) is 17.5. The maximum atomic E-state index is 12.9. The van der Waals surface area contributed by atoms with Gasteiger partial charge in [-0.25, -0.2) is 8.42 Å². The Hall–Kier alpha value is -1.44. The molecule has 1 saturated heterocycles. The van der Waals surface area contributed by atoms with Crippen molar-refractivity contribution in [3.8, 4) is 0 Å². The van der Waals surface area contributed by atoms with Crippen molar-refractivity contribution in [3.63, 3.8) is 0 Å². The summed E-state index contributed by atoms with van der Waals surface area (Å²) in [6, 6.07) is 4.87. The topological polar surface area (TPSA) is 69.7 Å². The first-order chi connectivity index (χ1) is 12.8. The fourth-order valence-electron chi connectivity index (χ4n) is 3.55. The van der Waals surface area contributed by atoms with Crippen molar-refractivity contribution in [2.24, 2.45) is 0 Å². The number of hydrogen-bond acceptors (Lipinski definition) is 4. The highest BCUT2D eigenvalue weighted by Gasteiger charge is 2.25. The highest BCUT2D eigenvalue weighted by molar-refractivity contribution is 7.89. The van der Waals surface area contributed by atoms with Gasteiger partial charge >= 0.3 is 0 Å². The Labute approximate surface area is 164 Å². The molecule has 1 amide bonds. The number of nitrogens with one attached hydrogen (secondary N) is 1. The summed E-state index contributed by atoms with van der Waals surface area (Å²) in [5, 5.41) is 2.91. The molecule has 6 nitrogen and oxygen atoms in total. The van der Waals surface area contributed by atoms with Gasteiger partial charge in [-0.05, 0) is 57.5 Å². The highest BCUT2D eigenvalue weighted by atomic mass is 32.2. The van der Waals surface area contributed by atoms with Crippen LogP contribution in [0.15, 0.2) is 23.1 Å². The lowest BCUT2D eigenvalue weighted by atomic mass is 10.2. The van der Waals surface area contributed by atoms with Crippen LogP contribution in [0.1, 0.15) is 52.0 Å². The highest BCUT2D eigenvalue weighted by Crippen LogP contribution is 2.24. The predicted molar refractivity (Wildman–Crippen MR) is 109 cm³/mol. The molecule has 1 atom stereocenters. The third kappa shape index (κ3) is 5.30. The average molecular weight is 396 g/mol. The summed E-state index contributed by atoms with van der Waals surface area (Å²) in [6.45, 7) is 10.1. The quantitative estimate of drug-likeness (QED) is 0.769. The molecule has 1 aromatic rings. The minimum Gasteiger partial charge on any atom is -0.325 e. The van der Waals surface area contributed by atoms with E-state index in [1.165, 1.54) is 17.1 Å². The van der Waals surface area contributed by atoms with E-state index in [2.05, 4.69) is 10.2 Å². The predicted octanol–water partition coefficient (Wildman–Crippen LogP) is 3.23. The standard InChI is InChI=1S/C20H33N3O3S/c1-5-23(6-2)27(25,26)19-15-18(12-11-16(19)3)21-20(24)17(4)22-13-9-7-8-10-14-22/h11-12,15,17H,5-10,13-14H2,1-4H3,(H,21,24)/t17-/m1/s1. The van der Waals surface area contributed by atoms with E-state index in [1.807, 2.05) is 20.8 Å². The van der Waals surface area contributed by atoms with Gasteiger partial charge in [0.2, 0.25) is 15.9 Å². The summed E-state index contributed by atoms with van der Waals surface area (Å²) in [5.41, 5.74) is 1.21. The minimum absolute atomic E-state index is 0.0908. The number of likely N-dealkylation sites (tertiary alicyclic amines) is 1. The number of sulfonamides is 1. The molecule has 1 fully saturated rings. The van der Waals surface area contributed by atoms with Gasteiger partial charge in [0.1, 0.15) is 0 Å². The van der Waals surface area contributed by atoms with E-state index in [1.54, 1.807) is 25.1 Å². The number of hydrogen-bond donors (Lipinski definition) is 1. The first kappa shape index (κ1) is 21.9. The Kier molecular flexibility index (Phi) is 7.82. The van der Waals surface area contributed by atoms with Crippen LogP contribution in [0.25, 0.3) is 0 Å². The maximum absolute atomic E-state index is 12.9. The molecule has 0 unspecified atom stereocenters. The van der Waals surface area contributed by atoms with Crippen LogP contribution in [0.2, 0.25) is 0 Å². The number of nitrogens with zero attached hydrogens (tertiary/aromatic N) is 2. The van der Waals surface area contributed by atoms with Crippen LogP contribution in [-0.4, -0.2) is 55.8 Å². The van der Waals surface area contributed by atoms with E-state index in [-0.39, 0.29) is 16.8 Å². The van der Waals surface area contributed by atoms with E-state index in [0.29, 0.717) is 24.3 Å². The zero-order valence-electron chi connectivity index (χ0n) is 17.0. The molecule has 1 aliphatic heterocycles. The largest absolute Gasteiger partial charge is 0.325 e. The van der Waals surface area contributed by atoms with E-state index < -0.39 is 10.0 Å². The molecule has 1 aliphatic rings. The smallest absolute Gasteiger partial charge is 0.243 e. The monoisotopic (exact) mass is 395 g/mol. The number of anilines is 1. The van der Waals surface area contributed by atoms with Gasteiger partial charge in [0, 0.05) is 18.8 Å². The average Bonchev–Trinajstić information content (AvgIpc) is 2.92. The van der Waals surface area contributed by atoms with Crippen molar-refractivity contribution >= 4 is 21.6 Å². The summed E-state index contributed by atoms with van der Waals surface area (Å²) < 4.78 is 27.2. The molecule has 0 bridgehead atoms. The first-order valence-electron chi connectivity index (χ1n) is 9.97. The summed E-state index contributed by atoms with van der Waals surface area (Å²) in [4.78, 5) is 15.2. The maximum Gasteiger partial charge on any atom is 0.243 e. The van der Waals surface area contributed by atoms with Crippen molar-refractivity contribution in [1.29, 1.82) is 0 Å². The molecule has 0 aromatic heterocycles. The number of amides is 1. The molecule has 7 heteroatoms. The molecular weight excluding hydrogens is 362 g/mol. The van der Waals surface area contributed by atoms with E-state index in [4.69, 9.17) is 0 Å². The number of rotatable bonds is 7. The molecule has 152 valence electrons. The molecule has 0 radical (unpaired) electrons. The van der Waals surface area contributed by atoms with Gasteiger partial charge in [0.05, 0.1) is 10.9 Å². The minimum atomic E-state index is -3.56. The third-order valence-corrected chi connectivity index (χ3v) is 7.54. The number of carbonyl (C=O) groups excluding carboxylic acids is 1. The van der Waals surface area contributed by atoms with Gasteiger partial charge in [-0.1, -0.05) is 32.8 Å². The van der Waals surface area contributed by atoms with Crippen LogP contribution in [0.3, 0.4) is 0 Å². The SMILES string of the molecule is CCN(CC)S(=O)(=O)c1cc(NC(=O)[C@@H](C)N2CCCCCC2)ccc1C. The van der Waals surface area contributed by atoms with Crippen molar-refractivity contribution in [2.45, 2.75) is 64.3 Å². The van der Waals surface area contributed by atoms with Crippen molar-refractivity contribution in [1.82, 2.24) is 9.21 Å². The zero-order valence-corrected chi connectivity index (χ0v) is 17.8. The Morgan fingerprint density at radius 3 is 2.30 bits per heavy atom. The molecule has 0 saturated carbocycles. The van der Waals surface area contributed by atoms with Crippen LogP contribution < -0.4 is 5.32 Å². The van der Waals surface area contributed by atoms with E-state index in [0.717, 1.165) is 25.9 Å². The Bertz CT molecular complexity index is 737. The fraction of sp³-hybridized carbons (Fsp3) is 0.650. The zero-order chi connectivity index (χ0) is 20.0. The molecule has 1 aromatic carbocycles. The molecule has 0 spiro atoms. The van der Waals surface area contributed by atoms with Crippen LogP contribution in [0, 0.1) is 6.92 Å². The lowest BCUT2D eigenvalue weighted by Gasteiger charge is -2.26. The second kappa shape index (κ2) is 9.66. The summed E-state index contributed by atoms with van der Waals surface area (Å²) >= 11 is 0. The number of benzene rings is 1. The van der Waals surface area contributed by atoms with Crippen LogP contribution in [0.4, 0.5) is 5.69 Å². The van der Waals surface area contributed by atoms with Gasteiger partial charge in [0.25, 0.3) is 0 Å². The van der Waals surface area contributed by atoms with Crippen molar-refractivity contribution in [3.05, 3.63) is 23.8 Å². The first-order valence-corrected chi connectivity index (χ1v) is 11.4. The summed E-state index contributed by atoms with van der Waals surface area (Å²) in [7, 11) is -3.56. The summed E-state index contributed by atoms with van der Waals surface area (Å²) in [5.74, 6) is -0.0908. The van der Waals surface area contributed by atoms with E-state index in [9.17, 15) is 13.2 Å². The molecule has 1 heterocycles. The third-order valence-electron chi connectivity index (χ3n) is 5.35. The van der Waals surface area contributed by atoms with Gasteiger partial charge in [-0.3, -0.25) is 9.69 Å². The Morgan fingerprint density at radius 1 is 1.15 bits per heavy atom. The Balaban J connectivity index is 2.18. The summed E-state index contributed by atoms with van der Waals surface area (Å²) in [6.07, 6.45) is 4.67. The number of aryl methyl sites for hydroxylation is 1. The Morgan fingerprint density at radius 2 is 1.74 bits per heavy atom. The van der Waals surface area contributed by atoms with Crippen LogP contribution in [-0.2, 0) is 14.8 Å². The van der Waals surface area contributed by atoms with Crippen LogP contribution >= 0.6 is 0 Å². The molecule has 27 heavy (non-hydrogen) atoms. The van der Waals surface area contributed by atoms with Gasteiger partial charge in [-0.15, -0.1) is 0 Å². The fourth-order valence-corrected chi connectivity index (χ4v) is 5.26.